The van der Waals surface area contributed by atoms with Gasteiger partial charge < -0.3 is 20.2 Å². The Morgan fingerprint density at radius 3 is 2.77 bits per heavy atom. The minimum absolute atomic E-state index is 0. The highest BCUT2D eigenvalue weighted by Gasteiger charge is 2.11. The van der Waals surface area contributed by atoms with Crippen LogP contribution in [-0.4, -0.2) is 46.5 Å². The number of benzene rings is 2. The van der Waals surface area contributed by atoms with Crippen LogP contribution >= 0.6 is 24.0 Å². The third-order valence-electron chi connectivity index (χ3n) is 5.08. The third kappa shape index (κ3) is 5.43. The molecule has 0 saturated carbocycles. The second-order valence-electron chi connectivity index (χ2n) is 7.19. The second-order valence-corrected chi connectivity index (χ2v) is 7.19. The van der Waals surface area contributed by atoms with Crippen molar-refractivity contribution >= 4 is 40.8 Å². The Morgan fingerprint density at radius 1 is 1.19 bits per heavy atom. The molecule has 0 fully saturated rings. The fraction of sp³-hybridized carbons (Fsp3) is 0.217. The highest BCUT2D eigenvalue weighted by Crippen LogP contribution is 2.20. The molecule has 0 aliphatic heterocycles. The van der Waals surface area contributed by atoms with Crippen molar-refractivity contribution in [3.8, 4) is 11.3 Å². The highest BCUT2D eigenvalue weighted by atomic mass is 127. The summed E-state index contributed by atoms with van der Waals surface area (Å²) >= 11 is 0. The number of hydrogen-bond acceptors (Lipinski definition) is 2. The van der Waals surface area contributed by atoms with Gasteiger partial charge in [-0.1, -0.05) is 30.3 Å². The lowest BCUT2D eigenvalue weighted by molar-refractivity contribution is 0.464. The van der Waals surface area contributed by atoms with Gasteiger partial charge in [0.15, 0.2) is 5.96 Å². The summed E-state index contributed by atoms with van der Waals surface area (Å²) in [6, 6.07) is 14.9. The molecule has 0 aliphatic rings. The number of guanidine groups is 1. The molecule has 31 heavy (non-hydrogen) atoms. The Labute approximate surface area is 198 Å². The lowest BCUT2D eigenvalue weighted by Gasteiger charge is -2.21. The molecule has 0 spiro atoms. The minimum atomic E-state index is -0.222. The van der Waals surface area contributed by atoms with Gasteiger partial charge >= 0.3 is 0 Å². The quantitative estimate of drug-likeness (QED) is 0.194. The molecule has 4 rings (SSSR count). The van der Waals surface area contributed by atoms with Gasteiger partial charge in [0.2, 0.25) is 0 Å². The first kappa shape index (κ1) is 22.8. The number of hydrogen-bond donors (Lipinski definition) is 3. The van der Waals surface area contributed by atoms with Crippen LogP contribution in [0.3, 0.4) is 0 Å². The van der Waals surface area contributed by atoms with Gasteiger partial charge in [0, 0.05) is 37.7 Å². The fourth-order valence-electron chi connectivity index (χ4n) is 3.56. The minimum Gasteiger partial charge on any atom is -0.361 e. The van der Waals surface area contributed by atoms with Crippen molar-refractivity contribution in [1.82, 2.24) is 25.2 Å². The monoisotopic (exact) mass is 532 g/mol. The molecule has 6 nitrogen and oxygen atoms in total. The number of nitrogens with zero attached hydrogens (tertiary/aromatic N) is 3. The lowest BCUT2D eigenvalue weighted by atomic mass is 10.1. The standard InChI is InChI=1S/C23H25FN6.HI/c1-25-23(26-11-10-17-13-27-20-9-8-18(24)12-19(17)20)30(2)15-22-28-14-21(29-22)16-6-4-3-5-7-16;/h3-9,12-14,27H,10-11,15H2,1-2H3,(H,25,26)(H,28,29);1H. The van der Waals surface area contributed by atoms with Crippen LogP contribution in [0.25, 0.3) is 22.2 Å². The maximum absolute atomic E-state index is 13.6. The molecule has 4 aromatic rings. The number of fused-ring (bicyclic) bond motifs is 1. The first-order valence-corrected chi connectivity index (χ1v) is 9.90. The molecule has 8 heteroatoms. The lowest BCUT2D eigenvalue weighted by Crippen LogP contribution is -2.39. The number of halogens is 2. The Morgan fingerprint density at radius 2 is 2.00 bits per heavy atom. The molecular weight excluding hydrogens is 506 g/mol. The molecule has 0 atom stereocenters. The largest absolute Gasteiger partial charge is 0.361 e. The molecule has 0 radical (unpaired) electrons. The van der Waals surface area contributed by atoms with E-state index in [2.05, 4.69) is 37.4 Å². The number of nitrogens with one attached hydrogen (secondary N) is 3. The van der Waals surface area contributed by atoms with Gasteiger partial charge in [-0.15, -0.1) is 24.0 Å². The normalized spacial score (nSPS) is 11.4. The summed E-state index contributed by atoms with van der Waals surface area (Å²) in [7, 11) is 3.73. The average Bonchev–Trinajstić information content (AvgIpc) is 3.39. The number of aromatic nitrogens is 3. The fourth-order valence-corrected chi connectivity index (χ4v) is 3.56. The van der Waals surface area contributed by atoms with E-state index in [0.717, 1.165) is 45.9 Å². The maximum atomic E-state index is 13.6. The summed E-state index contributed by atoms with van der Waals surface area (Å²) in [5.74, 6) is 1.42. The smallest absolute Gasteiger partial charge is 0.193 e. The van der Waals surface area contributed by atoms with E-state index in [1.54, 1.807) is 19.2 Å². The molecule has 0 aliphatic carbocycles. The van der Waals surface area contributed by atoms with Gasteiger partial charge in [0.05, 0.1) is 18.4 Å². The summed E-state index contributed by atoms with van der Waals surface area (Å²) in [4.78, 5) is 17.4. The molecule has 3 N–H and O–H groups in total. The van der Waals surface area contributed by atoms with Gasteiger partial charge in [-0.2, -0.15) is 0 Å². The Kier molecular flexibility index (Phi) is 7.67. The van der Waals surface area contributed by atoms with Crippen LogP contribution in [0, 0.1) is 5.82 Å². The molecule has 2 heterocycles. The Hall–Kier alpha value is -2.88. The number of imidazole rings is 1. The van der Waals surface area contributed by atoms with Crippen LogP contribution in [-0.2, 0) is 13.0 Å². The van der Waals surface area contributed by atoms with Crippen molar-refractivity contribution in [1.29, 1.82) is 0 Å². The summed E-state index contributed by atoms with van der Waals surface area (Å²) < 4.78 is 13.6. The SMILES string of the molecule is CN=C(NCCc1c[nH]c2ccc(F)cc12)N(C)Cc1ncc(-c2ccccc2)[nH]1.I. The van der Waals surface area contributed by atoms with Crippen LogP contribution in [0.1, 0.15) is 11.4 Å². The zero-order valence-corrected chi connectivity index (χ0v) is 19.9. The molecule has 2 aromatic carbocycles. The van der Waals surface area contributed by atoms with Crippen LogP contribution in [0.15, 0.2) is 65.9 Å². The zero-order valence-electron chi connectivity index (χ0n) is 17.5. The van der Waals surface area contributed by atoms with Crippen molar-refractivity contribution < 1.29 is 4.39 Å². The molecule has 0 bridgehead atoms. The highest BCUT2D eigenvalue weighted by molar-refractivity contribution is 14.0. The van der Waals surface area contributed by atoms with Crippen LogP contribution in [0.5, 0.6) is 0 Å². The first-order chi connectivity index (χ1) is 14.6. The Bertz CT molecular complexity index is 1150. The van der Waals surface area contributed by atoms with Crippen molar-refractivity contribution in [3.63, 3.8) is 0 Å². The number of aromatic amines is 2. The summed E-state index contributed by atoms with van der Waals surface area (Å²) in [5, 5.41) is 4.29. The van der Waals surface area contributed by atoms with Crippen LogP contribution in [0.2, 0.25) is 0 Å². The molecular formula is C23H26FIN6. The molecule has 0 saturated heterocycles. The predicted molar refractivity (Wildman–Crippen MR) is 134 cm³/mol. The molecule has 2 aromatic heterocycles. The predicted octanol–water partition coefficient (Wildman–Crippen LogP) is 4.57. The molecule has 0 amide bonds. The zero-order chi connectivity index (χ0) is 20.9. The summed E-state index contributed by atoms with van der Waals surface area (Å²) in [5.41, 5.74) is 4.12. The van der Waals surface area contributed by atoms with Crippen molar-refractivity contribution in [2.45, 2.75) is 13.0 Å². The van der Waals surface area contributed by atoms with Gasteiger partial charge in [-0.25, -0.2) is 9.37 Å². The second kappa shape index (κ2) is 10.4. The van der Waals surface area contributed by atoms with Gasteiger partial charge in [0.25, 0.3) is 0 Å². The first-order valence-electron chi connectivity index (χ1n) is 9.90. The third-order valence-corrected chi connectivity index (χ3v) is 5.08. The topological polar surface area (TPSA) is 72.1 Å². The van der Waals surface area contributed by atoms with E-state index in [4.69, 9.17) is 0 Å². The van der Waals surface area contributed by atoms with E-state index in [0.29, 0.717) is 13.1 Å². The molecule has 162 valence electrons. The van der Waals surface area contributed by atoms with Crippen LogP contribution in [0.4, 0.5) is 4.39 Å². The van der Waals surface area contributed by atoms with Gasteiger partial charge in [-0.05, 0) is 35.7 Å². The van der Waals surface area contributed by atoms with Crippen molar-refractivity contribution in [3.05, 3.63) is 78.1 Å². The summed E-state index contributed by atoms with van der Waals surface area (Å²) in [6.07, 6.45) is 4.55. The van der Waals surface area contributed by atoms with E-state index in [1.165, 1.54) is 6.07 Å². The Balaban J connectivity index is 0.00000272. The van der Waals surface area contributed by atoms with E-state index in [1.807, 2.05) is 42.5 Å². The van der Waals surface area contributed by atoms with Crippen molar-refractivity contribution in [2.24, 2.45) is 4.99 Å². The van der Waals surface area contributed by atoms with E-state index in [-0.39, 0.29) is 29.8 Å². The number of rotatable bonds is 6. The average molecular weight is 532 g/mol. The number of aliphatic imine (C=N–C) groups is 1. The summed E-state index contributed by atoms with van der Waals surface area (Å²) in [6.45, 7) is 1.29. The van der Waals surface area contributed by atoms with Crippen molar-refractivity contribution in [2.75, 3.05) is 20.6 Å². The van der Waals surface area contributed by atoms with E-state index in [9.17, 15) is 4.39 Å². The number of H-pyrrole nitrogens is 2. The van der Waals surface area contributed by atoms with Gasteiger partial charge in [0.1, 0.15) is 11.6 Å². The van der Waals surface area contributed by atoms with E-state index >= 15 is 0 Å². The van der Waals surface area contributed by atoms with Gasteiger partial charge in [-0.3, -0.25) is 4.99 Å². The van der Waals surface area contributed by atoms with Crippen LogP contribution < -0.4 is 5.32 Å². The maximum Gasteiger partial charge on any atom is 0.193 e. The molecule has 0 unspecified atom stereocenters. The van der Waals surface area contributed by atoms with E-state index < -0.39 is 0 Å².